The van der Waals surface area contributed by atoms with Crippen LogP contribution in [0, 0.1) is 6.92 Å². The second kappa shape index (κ2) is 5.27. The van der Waals surface area contributed by atoms with E-state index in [0.717, 1.165) is 13.1 Å². The average Bonchev–Trinajstić information content (AvgIpc) is 2.89. The molecule has 0 bridgehead atoms. The summed E-state index contributed by atoms with van der Waals surface area (Å²) in [5.41, 5.74) is 3.97. The zero-order valence-electron chi connectivity index (χ0n) is 11.2. The second-order valence-electron chi connectivity index (χ2n) is 5.11. The molecule has 0 saturated heterocycles. The Morgan fingerprint density at radius 1 is 1.05 bits per heavy atom. The SMILES string of the molecule is Cc1ccc(C2C=NN(Cc3ccccc3)C2)cc1. The van der Waals surface area contributed by atoms with Gasteiger partial charge in [0, 0.05) is 18.7 Å². The minimum Gasteiger partial charge on any atom is -0.292 e. The Bertz CT molecular complexity index is 558. The molecular formula is C17H18N2. The first-order chi connectivity index (χ1) is 9.31. The minimum absolute atomic E-state index is 0.421. The van der Waals surface area contributed by atoms with Gasteiger partial charge in [0.15, 0.2) is 0 Å². The van der Waals surface area contributed by atoms with Crippen LogP contribution in [0.25, 0.3) is 0 Å². The van der Waals surface area contributed by atoms with Gasteiger partial charge in [0.25, 0.3) is 0 Å². The van der Waals surface area contributed by atoms with Crippen molar-refractivity contribution in [3.05, 3.63) is 71.3 Å². The fourth-order valence-electron chi connectivity index (χ4n) is 2.40. The smallest absolute Gasteiger partial charge is 0.0610 e. The molecule has 0 fully saturated rings. The Kier molecular flexibility index (Phi) is 3.32. The number of hydrogen-bond acceptors (Lipinski definition) is 2. The molecular weight excluding hydrogens is 232 g/mol. The first kappa shape index (κ1) is 12.0. The molecule has 1 atom stereocenters. The maximum absolute atomic E-state index is 4.52. The fraction of sp³-hybridized carbons (Fsp3) is 0.235. The lowest BCUT2D eigenvalue weighted by atomic mass is 10.00. The van der Waals surface area contributed by atoms with Gasteiger partial charge in [-0.25, -0.2) is 0 Å². The van der Waals surface area contributed by atoms with Gasteiger partial charge >= 0.3 is 0 Å². The van der Waals surface area contributed by atoms with Gasteiger partial charge in [-0.1, -0.05) is 60.2 Å². The van der Waals surface area contributed by atoms with Crippen molar-refractivity contribution in [3.63, 3.8) is 0 Å². The van der Waals surface area contributed by atoms with Crippen molar-refractivity contribution in [2.45, 2.75) is 19.4 Å². The number of hydrazone groups is 1. The molecule has 2 aromatic rings. The molecule has 2 heteroatoms. The Labute approximate surface area is 114 Å². The lowest BCUT2D eigenvalue weighted by Crippen LogP contribution is -2.17. The second-order valence-corrected chi connectivity index (χ2v) is 5.11. The van der Waals surface area contributed by atoms with Crippen molar-refractivity contribution in [3.8, 4) is 0 Å². The van der Waals surface area contributed by atoms with Gasteiger partial charge in [0.1, 0.15) is 0 Å². The molecule has 0 N–H and O–H groups in total. The van der Waals surface area contributed by atoms with E-state index in [9.17, 15) is 0 Å². The quantitative estimate of drug-likeness (QED) is 0.813. The van der Waals surface area contributed by atoms with Crippen molar-refractivity contribution >= 4 is 6.21 Å². The fourth-order valence-corrected chi connectivity index (χ4v) is 2.40. The number of aryl methyl sites for hydroxylation is 1. The molecule has 0 amide bonds. The van der Waals surface area contributed by atoms with E-state index < -0.39 is 0 Å². The minimum atomic E-state index is 0.421. The van der Waals surface area contributed by atoms with Gasteiger partial charge < -0.3 is 0 Å². The highest BCUT2D eigenvalue weighted by atomic mass is 15.5. The molecule has 2 nitrogen and oxygen atoms in total. The van der Waals surface area contributed by atoms with Crippen LogP contribution >= 0.6 is 0 Å². The van der Waals surface area contributed by atoms with Crippen LogP contribution in [0.2, 0.25) is 0 Å². The standard InChI is InChI=1S/C17H18N2/c1-14-7-9-16(10-8-14)17-11-18-19(13-17)12-15-5-3-2-4-6-15/h2-11,17H,12-13H2,1H3. The summed E-state index contributed by atoms with van der Waals surface area (Å²) in [6.45, 7) is 3.98. The van der Waals surface area contributed by atoms with Gasteiger partial charge in [-0.2, -0.15) is 5.10 Å². The number of hydrogen-bond donors (Lipinski definition) is 0. The third kappa shape index (κ3) is 2.84. The largest absolute Gasteiger partial charge is 0.292 e. The summed E-state index contributed by atoms with van der Waals surface area (Å²) < 4.78 is 0. The van der Waals surface area contributed by atoms with Crippen molar-refractivity contribution < 1.29 is 0 Å². The number of rotatable bonds is 3. The average molecular weight is 250 g/mol. The summed E-state index contributed by atoms with van der Waals surface area (Å²) in [5, 5.41) is 6.66. The van der Waals surface area contributed by atoms with Gasteiger partial charge in [-0.3, -0.25) is 5.01 Å². The predicted octanol–water partition coefficient (Wildman–Crippen LogP) is 3.58. The van der Waals surface area contributed by atoms with Crippen molar-refractivity contribution in [1.82, 2.24) is 5.01 Å². The number of nitrogens with zero attached hydrogens (tertiary/aromatic N) is 2. The van der Waals surface area contributed by atoms with E-state index in [1.54, 1.807) is 0 Å². The van der Waals surface area contributed by atoms with Gasteiger partial charge in [0.2, 0.25) is 0 Å². The monoisotopic (exact) mass is 250 g/mol. The van der Waals surface area contributed by atoms with E-state index >= 15 is 0 Å². The topological polar surface area (TPSA) is 15.6 Å². The van der Waals surface area contributed by atoms with E-state index in [4.69, 9.17) is 0 Å². The maximum atomic E-state index is 4.52. The van der Waals surface area contributed by atoms with Crippen LogP contribution < -0.4 is 0 Å². The van der Waals surface area contributed by atoms with Crippen molar-refractivity contribution in [2.24, 2.45) is 5.10 Å². The molecule has 96 valence electrons. The molecule has 1 aliphatic rings. The Hall–Kier alpha value is -2.09. The first-order valence-electron chi connectivity index (χ1n) is 6.71. The van der Waals surface area contributed by atoms with Gasteiger partial charge in [-0.15, -0.1) is 0 Å². The molecule has 0 radical (unpaired) electrons. The van der Waals surface area contributed by atoms with Crippen molar-refractivity contribution in [2.75, 3.05) is 6.54 Å². The summed E-state index contributed by atoms with van der Waals surface area (Å²) in [7, 11) is 0. The van der Waals surface area contributed by atoms with Crippen LogP contribution in [0.3, 0.4) is 0 Å². The van der Waals surface area contributed by atoms with Crippen LogP contribution in [-0.2, 0) is 6.54 Å². The highest BCUT2D eigenvalue weighted by Crippen LogP contribution is 2.22. The van der Waals surface area contributed by atoms with Crippen LogP contribution in [0.15, 0.2) is 59.7 Å². The molecule has 2 aromatic carbocycles. The summed E-state index contributed by atoms with van der Waals surface area (Å²) in [6, 6.07) is 19.2. The van der Waals surface area contributed by atoms with E-state index in [2.05, 4.69) is 71.8 Å². The Morgan fingerprint density at radius 3 is 2.53 bits per heavy atom. The maximum Gasteiger partial charge on any atom is 0.0610 e. The molecule has 1 heterocycles. The Balaban J connectivity index is 1.65. The molecule has 0 aromatic heterocycles. The van der Waals surface area contributed by atoms with Crippen molar-refractivity contribution in [1.29, 1.82) is 0 Å². The van der Waals surface area contributed by atoms with Crippen LogP contribution in [0.4, 0.5) is 0 Å². The summed E-state index contributed by atoms with van der Waals surface area (Å²) in [4.78, 5) is 0. The van der Waals surface area contributed by atoms with E-state index in [1.807, 2.05) is 6.07 Å². The van der Waals surface area contributed by atoms with Gasteiger partial charge in [-0.05, 0) is 18.1 Å². The molecule has 3 rings (SSSR count). The van der Waals surface area contributed by atoms with E-state index in [0.29, 0.717) is 5.92 Å². The van der Waals surface area contributed by atoms with E-state index in [1.165, 1.54) is 16.7 Å². The number of benzene rings is 2. The first-order valence-corrected chi connectivity index (χ1v) is 6.71. The van der Waals surface area contributed by atoms with E-state index in [-0.39, 0.29) is 0 Å². The Morgan fingerprint density at radius 2 is 1.79 bits per heavy atom. The predicted molar refractivity (Wildman–Crippen MR) is 79.3 cm³/mol. The third-order valence-electron chi connectivity index (χ3n) is 3.53. The van der Waals surface area contributed by atoms with Gasteiger partial charge in [0.05, 0.1) is 6.54 Å². The molecule has 0 spiro atoms. The highest BCUT2D eigenvalue weighted by molar-refractivity contribution is 5.69. The summed E-state index contributed by atoms with van der Waals surface area (Å²) in [5.74, 6) is 0.421. The normalized spacial score (nSPS) is 17.9. The lowest BCUT2D eigenvalue weighted by molar-refractivity contribution is 0.302. The lowest BCUT2D eigenvalue weighted by Gasteiger charge is -2.16. The molecule has 0 aliphatic carbocycles. The molecule has 19 heavy (non-hydrogen) atoms. The summed E-state index contributed by atoms with van der Waals surface area (Å²) in [6.07, 6.45) is 2.06. The zero-order valence-corrected chi connectivity index (χ0v) is 11.2. The van der Waals surface area contributed by atoms with Crippen LogP contribution in [0.5, 0.6) is 0 Å². The van der Waals surface area contributed by atoms with Crippen LogP contribution in [0.1, 0.15) is 22.6 Å². The highest BCUT2D eigenvalue weighted by Gasteiger charge is 2.19. The molecule has 1 aliphatic heterocycles. The molecule has 0 saturated carbocycles. The summed E-state index contributed by atoms with van der Waals surface area (Å²) >= 11 is 0. The van der Waals surface area contributed by atoms with Crippen LogP contribution in [-0.4, -0.2) is 17.8 Å². The zero-order chi connectivity index (χ0) is 13.1. The molecule has 1 unspecified atom stereocenters. The third-order valence-corrected chi connectivity index (χ3v) is 3.53.